The van der Waals surface area contributed by atoms with Crippen molar-refractivity contribution in [3.63, 3.8) is 0 Å². The molecule has 3 nitrogen and oxygen atoms in total. The first kappa shape index (κ1) is 19.6. The second-order valence-electron chi connectivity index (χ2n) is 6.98. The molecule has 0 radical (unpaired) electrons. The molecule has 0 spiro atoms. The summed E-state index contributed by atoms with van der Waals surface area (Å²) in [6.45, 7) is 0. The zero-order valence-corrected chi connectivity index (χ0v) is 20.5. The van der Waals surface area contributed by atoms with Gasteiger partial charge in [-0.05, 0) is 57.9 Å². The van der Waals surface area contributed by atoms with Crippen molar-refractivity contribution in [1.82, 2.24) is 5.01 Å². The Morgan fingerprint density at radius 2 is 1.76 bits per heavy atom. The maximum absolute atomic E-state index is 6.46. The summed E-state index contributed by atoms with van der Waals surface area (Å²) in [5.41, 5.74) is 4.24. The van der Waals surface area contributed by atoms with E-state index in [9.17, 15) is 0 Å². The van der Waals surface area contributed by atoms with Crippen LogP contribution in [0.2, 0.25) is 5.02 Å². The van der Waals surface area contributed by atoms with Crippen LogP contribution in [0.5, 0.6) is 5.75 Å². The Hall–Kier alpha value is -1.34. The highest BCUT2D eigenvalue weighted by Gasteiger charge is 2.42. The first-order chi connectivity index (χ1) is 14.0. The van der Waals surface area contributed by atoms with Gasteiger partial charge in [0.1, 0.15) is 5.75 Å². The van der Waals surface area contributed by atoms with Gasteiger partial charge in [-0.2, -0.15) is 5.10 Å². The number of halogens is 4. The number of rotatable bonds is 2. The van der Waals surface area contributed by atoms with Crippen LogP contribution in [0, 0.1) is 0 Å². The fourth-order valence-corrected chi connectivity index (χ4v) is 5.63. The molecule has 2 atom stereocenters. The van der Waals surface area contributed by atoms with Crippen LogP contribution in [-0.2, 0) is 0 Å². The van der Waals surface area contributed by atoms with E-state index in [0.717, 1.165) is 48.0 Å². The van der Waals surface area contributed by atoms with Gasteiger partial charge >= 0.3 is 0 Å². The molecule has 7 heteroatoms. The summed E-state index contributed by atoms with van der Waals surface area (Å²) in [6, 6.07) is 20.2. The number of hydrogen-bond acceptors (Lipinski definition) is 3. The highest BCUT2D eigenvalue weighted by atomic mass is 79.9. The lowest BCUT2D eigenvalue weighted by Gasteiger charge is -2.38. The van der Waals surface area contributed by atoms with Crippen LogP contribution in [0.3, 0.4) is 0 Å². The lowest BCUT2D eigenvalue weighted by atomic mass is 9.96. The van der Waals surface area contributed by atoms with E-state index >= 15 is 0 Å². The summed E-state index contributed by atoms with van der Waals surface area (Å²) in [6.07, 6.45) is 0.453. The van der Waals surface area contributed by atoms with E-state index < -0.39 is 0 Å². The third-order valence-electron chi connectivity index (χ3n) is 5.12. The van der Waals surface area contributed by atoms with Crippen LogP contribution >= 0.6 is 59.4 Å². The first-order valence-electron chi connectivity index (χ1n) is 9.02. The molecule has 3 aromatic rings. The molecule has 146 valence electrons. The highest BCUT2D eigenvalue weighted by molar-refractivity contribution is 9.11. The third-order valence-corrected chi connectivity index (χ3v) is 6.93. The predicted octanol–water partition coefficient (Wildman–Crippen LogP) is 7.87. The monoisotopic (exact) mass is 594 g/mol. The summed E-state index contributed by atoms with van der Waals surface area (Å²) < 4.78 is 9.44. The highest BCUT2D eigenvalue weighted by Crippen LogP contribution is 2.51. The molecule has 2 aliphatic heterocycles. The van der Waals surface area contributed by atoms with Crippen LogP contribution in [0.25, 0.3) is 0 Å². The average molecular weight is 598 g/mol. The number of benzene rings is 3. The molecule has 0 saturated carbocycles. The lowest BCUT2D eigenvalue weighted by molar-refractivity contribution is -0.0197. The van der Waals surface area contributed by atoms with Crippen LogP contribution in [0.4, 0.5) is 0 Å². The van der Waals surface area contributed by atoms with Gasteiger partial charge in [-0.15, -0.1) is 0 Å². The molecule has 0 saturated heterocycles. The molecule has 0 bridgehead atoms. The predicted molar refractivity (Wildman–Crippen MR) is 127 cm³/mol. The lowest BCUT2D eigenvalue weighted by Crippen LogP contribution is -2.33. The Morgan fingerprint density at radius 1 is 0.966 bits per heavy atom. The van der Waals surface area contributed by atoms with Crippen molar-refractivity contribution in [1.29, 1.82) is 0 Å². The molecule has 2 heterocycles. The Kier molecular flexibility index (Phi) is 5.23. The SMILES string of the molecule is Clc1cccc([C@H]2Oc3c(Br)cc(Br)cc3[C@@H]3CC(c4ccc(Br)cc4)=NN23)c1. The van der Waals surface area contributed by atoms with E-state index in [2.05, 4.69) is 71.0 Å². The molecule has 0 unspecified atom stereocenters. The van der Waals surface area contributed by atoms with E-state index in [1.54, 1.807) is 0 Å². The third kappa shape index (κ3) is 3.65. The van der Waals surface area contributed by atoms with Crippen LogP contribution in [0.1, 0.15) is 35.4 Å². The second-order valence-corrected chi connectivity index (χ2v) is 10.1. The van der Waals surface area contributed by atoms with Gasteiger partial charge in [-0.25, -0.2) is 5.01 Å². The molecule has 2 aliphatic rings. The number of nitrogens with zero attached hydrogens (tertiary/aromatic N) is 2. The Balaban J connectivity index is 1.63. The summed E-state index contributed by atoms with van der Waals surface area (Å²) in [7, 11) is 0. The molecule has 0 aromatic heterocycles. The van der Waals surface area contributed by atoms with Crippen LogP contribution < -0.4 is 4.74 Å². The summed E-state index contributed by atoms with van der Waals surface area (Å²) in [4.78, 5) is 0. The fourth-order valence-electron chi connectivity index (χ4n) is 3.81. The van der Waals surface area contributed by atoms with Crippen molar-refractivity contribution < 1.29 is 4.74 Å². The van der Waals surface area contributed by atoms with Crippen molar-refractivity contribution in [2.24, 2.45) is 5.10 Å². The summed E-state index contributed by atoms with van der Waals surface area (Å²) in [5, 5.41) is 7.73. The number of fused-ring (bicyclic) bond motifs is 3. The minimum atomic E-state index is -0.350. The quantitative estimate of drug-likeness (QED) is 0.301. The molecule has 0 N–H and O–H groups in total. The molecule has 3 aromatic carbocycles. The molecular formula is C22H14Br3ClN2O. The Morgan fingerprint density at radius 3 is 2.52 bits per heavy atom. The second kappa shape index (κ2) is 7.73. The molecule has 0 amide bonds. The molecule has 0 fully saturated rings. The van der Waals surface area contributed by atoms with Gasteiger partial charge in [0.25, 0.3) is 0 Å². The van der Waals surface area contributed by atoms with Crippen molar-refractivity contribution in [2.75, 3.05) is 0 Å². The number of ether oxygens (including phenoxy) is 1. The van der Waals surface area contributed by atoms with E-state index in [-0.39, 0.29) is 12.3 Å². The molecule has 0 aliphatic carbocycles. The van der Waals surface area contributed by atoms with E-state index in [4.69, 9.17) is 21.4 Å². The smallest absolute Gasteiger partial charge is 0.213 e. The van der Waals surface area contributed by atoms with Crippen molar-refractivity contribution >= 4 is 65.1 Å². The summed E-state index contributed by atoms with van der Waals surface area (Å²) >= 11 is 17.1. The largest absolute Gasteiger partial charge is 0.463 e. The molecule has 5 rings (SSSR count). The van der Waals surface area contributed by atoms with E-state index in [1.807, 2.05) is 42.5 Å². The van der Waals surface area contributed by atoms with Crippen molar-refractivity contribution in [3.05, 3.63) is 95.8 Å². The minimum Gasteiger partial charge on any atom is -0.463 e. The Bertz CT molecular complexity index is 1130. The summed E-state index contributed by atoms with van der Waals surface area (Å²) in [5.74, 6) is 0.853. The fraction of sp³-hybridized carbons (Fsp3) is 0.136. The van der Waals surface area contributed by atoms with Crippen molar-refractivity contribution in [3.8, 4) is 5.75 Å². The van der Waals surface area contributed by atoms with Gasteiger partial charge in [0.2, 0.25) is 6.23 Å². The molecular weight excluding hydrogens is 583 g/mol. The van der Waals surface area contributed by atoms with Crippen LogP contribution in [-0.4, -0.2) is 10.7 Å². The maximum Gasteiger partial charge on any atom is 0.213 e. The number of hydrazone groups is 1. The topological polar surface area (TPSA) is 24.8 Å². The first-order valence-corrected chi connectivity index (χ1v) is 11.8. The molecule has 29 heavy (non-hydrogen) atoms. The van der Waals surface area contributed by atoms with Crippen LogP contribution in [0.15, 0.2) is 79.2 Å². The van der Waals surface area contributed by atoms with Gasteiger partial charge in [0.05, 0.1) is 16.2 Å². The number of hydrogen-bond donors (Lipinski definition) is 0. The van der Waals surface area contributed by atoms with Gasteiger partial charge in [0.15, 0.2) is 0 Å². The van der Waals surface area contributed by atoms with Gasteiger partial charge in [0, 0.05) is 31.5 Å². The van der Waals surface area contributed by atoms with Gasteiger partial charge in [-0.3, -0.25) is 0 Å². The minimum absolute atomic E-state index is 0.0789. The zero-order chi connectivity index (χ0) is 20.1. The normalized spacial score (nSPS) is 20.0. The van der Waals surface area contributed by atoms with E-state index in [0.29, 0.717) is 5.02 Å². The zero-order valence-electron chi connectivity index (χ0n) is 14.9. The standard InChI is InChI=1S/C22H14Br3ClN2O/c23-14-6-4-12(5-7-14)19-11-20-17-9-15(24)10-18(25)21(17)29-22(28(20)27-19)13-2-1-3-16(26)8-13/h1-10,20,22H,11H2/t20-,22+/m0/s1. The van der Waals surface area contributed by atoms with E-state index in [1.165, 1.54) is 0 Å². The van der Waals surface area contributed by atoms with Gasteiger partial charge in [-0.1, -0.05) is 67.7 Å². The average Bonchev–Trinajstić information content (AvgIpc) is 3.14. The Labute approximate surface area is 199 Å². The van der Waals surface area contributed by atoms with Gasteiger partial charge < -0.3 is 4.74 Å². The van der Waals surface area contributed by atoms with Crippen molar-refractivity contribution in [2.45, 2.75) is 18.7 Å². The maximum atomic E-state index is 6.46.